The summed E-state index contributed by atoms with van der Waals surface area (Å²) in [6, 6.07) is 0. The summed E-state index contributed by atoms with van der Waals surface area (Å²) < 4.78 is 10.4. The fourth-order valence-electron chi connectivity index (χ4n) is 1.00. The predicted molar refractivity (Wildman–Crippen MR) is 56.1 cm³/mol. The number of nitrogens with zero attached hydrogens (tertiary/aromatic N) is 2. The van der Waals surface area contributed by atoms with Gasteiger partial charge in [-0.1, -0.05) is 19.0 Å². The van der Waals surface area contributed by atoms with E-state index in [4.69, 9.17) is 15.0 Å². The quantitative estimate of drug-likeness (QED) is 0.726. The van der Waals surface area contributed by atoms with Crippen LogP contribution in [-0.4, -0.2) is 16.7 Å². The highest BCUT2D eigenvalue weighted by molar-refractivity contribution is 4.98. The van der Waals surface area contributed by atoms with Gasteiger partial charge in [-0.25, -0.2) is 0 Å². The van der Waals surface area contributed by atoms with Gasteiger partial charge in [0.1, 0.15) is 6.61 Å². The lowest BCUT2D eigenvalue weighted by Gasteiger charge is -2.16. The SMILES string of the molecule is CCCOCc1noc(C(C)(N)CC)n1. The van der Waals surface area contributed by atoms with Crippen molar-refractivity contribution in [3.63, 3.8) is 0 Å². The van der Waals surface area contributed by atoms with E-state index in [1.807, 2.05) is 13.8 Å². The normalized spacial score (nSPS) is 15.2. The van der Waals surface area contributed by atoms with Crippen LogP contribution in [-0.2, 0) is 16.9 Å². The fourth-order valence-corrected chi connectivity index (χ4v) is 1.00. The van der Waals surface area contributed by atoms with E-state index >= 15 is 0 Å². The van der Waals surface area contributed by atoms with Crippen molar-refractivity contribution in [3.05, 3.63) is 11.7 Å². The Kier molecular flexibility index (Phi) is 4.23. The second kappa shape index (κ2) is 5.23. The lowest BCUT2D eigenvalue weighted by atomic mass is 10.0. The van der Waals surface area contributed by atoms with Crippen LogP contribution in [0, 0.1) is 0 Å². The third-order valence-corrected chi connectivity index (χ3v) is 2.27. The van der Waals surface area contributed by atoms with E-state index in [-0.39, 0.29) is 0 Å². The third-order valence-electron chi connectivity index (χ3n) is 2.27. The number of hydrogen-bond acceptors (Lipinski definition) is 5. The molecule has 86 valence electrons. The molecule has 1 aromatic heterocycles. The summed E-state index contributed by atoms with van der Waals surface area (Å²) in [6.45, 7) is 7.00. The molecule has 15 heavy (non-hydrogen) atoms. The van der Waals surface area contributed by atoms with Crippen molar-refractivity contribution in [1.29, 1.82) is 0 Å². The zero-order valence-electron chi connectivity index (χ0n) is 9.62. The molecule has 5 nitrogen and oxygen atoms in total. The molecule has 1 heterocycles. The van der Waals surface area contributed by atoms with Gasteiger partial charge in [0.05, 0.1) is 5.54 Å². The summed E-state index contributed by atoms with van der Waals surface area (Å²) in [5.74, 6) is 1.03. The van der Waals surface area contributed by atoms with Gasteiger partial charge in [-0.15, -0.1) is 0 Å². The van der Waals surface area contributed by atoms with Crippen LogP contribution in [0.5, 0.6) is 0 Å². The van der Waals surface area contributed by atoms with Crippen LogP contribution in [0.3, 0.4) is 0 Å². The molecule has 1 aromatic rings. The van der Waals surface area contributed by atoms with Crippen LogP contribution >= 0.6 is 0 Å². The van der Waals surface area contributed by atoms with Crippen molar-refractivity contribution in [2.45, 2.75) is 45.8 Å². The molecule has 0 spiro atoms. The molecule has 2 N–H and O–H groups in total. The maximum absolute atomic E-state index is 5.97. The number of hydrogen-bond donors (Lipinski definition) is 1. The van der Waals surface area contributed by atoms with Crippen molar-refractivity contribution >= 4 is 0 Å². The Morgan fingerprint density at radius 2 is 2.20 bits per heavy atom. The Balaban J connectivity index is 2.56. The molecular weight excluding hydrogens is 194 g/mol. The summed E-state index contributed by atoms with van der Waals surface area (Å²) in [6.07, 6.45) is 1.73. The first-order chi connectivity index (χ1) is 7.10. The second-order valence-corrected chi connectivity index (χ2v) is 3.84. The number of aromatic nitrogens is 2. The highest BCUT2D eigenvalue weighted by atomic mass is 16.5. The highest BCUT2D eigenvalue weighted by Gasteiger charge is 2.25. The van der Waals surface area contributed by atoms with Crippen LogP contribution in [0.1, 0.15) is 45.3 Å². The Morgan fingerprint density at radius 3 is 2.80 bits per heavy atom. The van der Waals surface area contributed by atoms with E-state index in [1.165, 1.54) is 0 Å². The Morgan fingerprint density at radius 1 is 1.47 bits per heavy atom. The molecule has 0 aliphatic rings. The zero-order chi connectivity index (χ0) is 11.3. The molecule has 1 rings (SSSR count). The molecule has 0 aliphatic carbocycles. The molecule has 0 aromatic carbocycles. The maximum Gasteiger partial charge on any atom is 0.246 e. The van der Waals surface area contributed by atoms with E-state index in [1.54, 1.807) is 0 Å². The molecule has 0 bridgehead atoms. The van der Waals surface area contributed by atoms with Gasteiger partial charge in [0, 0.05) is 6.61 Å². The van der Waals surface area contributed by atoms with Gasteiger partial charge in [0.25, 0.3) is 0 Å². The minimum absolute atomic E-state index is 0.386. The fraction of sp³-hybridized carbons (Fsp3) is 0.800. The van der Waals surface area contributed by atoms with Crippen LogP contribution in [0.4, 0.5) is 0 Å². The summed E-state index contributed by atoms with van der Waals surface area (Å²) in [7, 11) is 0. The van der Waals surface area contributed by atoms with Crippen LogP contribution < -0.4 is 5.73 Å². The molecule has 1 atom stereocenters. The first-order valence-corrected chi connectivity index (χ1v) is 5.29. The molecule has 0 radical (unpaired) electrons. The van der Waals surface area contributed by atoms with Gasteiger partial charge in [-0.05, 0) is 19.8 Å². The molecule has 0 fully saturated rings. The summed E-state index contributed by atoms with van der Waals surface area (Å²) in [5.41, 5.74) is 5.42. The van der Waals surface area contributed by atoms with Crippen molar-refractivity contribution in [2.24, 2.45) is 5.73 Å². The molecule has 0 amide bonds. The summed E-state index contributed by atoms with van der Waals surface area (Å²) >= 11 is 0. The minimum Gasteiger partial charge on any atom is -0.373 e. The molecular formula is C10H19N3O2. The average Bonchev–Trinajstić information content (AvgIpc) is 2.68. The van der Waals surface area contributed by atoms with Gasteiger partial charge in [-0.3, -0.25) is 0 Å². The monoisotopic (exact) mass is 213 g/mol. The number of rotatable bonds is 6. The lowest BCUT2D eigenvalue weighted by Crippen LogP contribution is -2.32. The minimum atomic E-state index is -0.546. The molecule has 5 heteroatoms. The molecule has 1 unspecified atom stereocenters. The smallest absolute Gasteiger partial charge is 0.246 e. The summed E-state index contributed by atoms with van der Waals surface area (Å²) in [4.78, 5) is 4.20. The van der Waals surface area contributed by atoms with Gasteiger partial charge < -0.3 is 15.0 Å². The van der Waals surface area contributed by atoms with E-state index < -0.39 is 5.54 Å². The first kappa shape index (κ1) is 12.1. The first-order valence-electron chi connectivity index (χ1n) is 5.29. The number of nitrogens with two attached hydrogens (primary N) is 1. The lowest BCUT2D eigenvalue weighted by molar-refractivity contribution is 0.114. The van der Waals surface area contributed by atoms with Crippen LogP contribution in [0.15, 0.2) is 4.52 Å². The Hall–Kier alpha value is -0.940. The van der Waals surface area contributed by atoms with Gasteiger partial charge in [-0.2, -0.15) is 4.98 Å². The maximum atomic E-state index is 5.97. The Bertz CT molecular complexity index is 297. The van der Waals surface area contributed by atoms with Gasteiger partial charge in [0.2, 0.25) is 5.89 Å². The predicted octanol–water partition coefficient (Wildman–Crippen LogP) is 1.58. The highest BCUT2D eigenvalue weighted by Crippen LogP contribution is 2.18. The van der Waals surface area contributed by atoms with Crippen molar-refractivity contribution in [1.82, 2.24) is 10.1 Å². The van der Waals surface area contributed by atoms with Crippen molar-refractivity contribution < 1.29 is 9.26 Å². The van der Waals surface area contributed by atoms with Gasteiger partial charge in [0.15, 0.2) is 5.82 Å². The zero-order valence-corrected chi connectivity index (χ0v) is 9.62. The van der Waals surface area contributed by atoms with E-state index in [0.717, 1.165) is 12.8 Å². The third kappa shape index (κ3) is 3.28. The largest absolute Gasteiger partial charge is 0.373 e. The standard InChI is InChI=1S/C10H19N3O2/c1-4-6-14-7-8-12-9(15-13-8)10(3,11)5-2/h4-7,11H2,1-3H3. The molecule has 0 saturated heterocycles. The van der Waals surface area contributed by atoms with E-state index in [0.29, 0.717) is 24.9 Å². The van der Waals surface area contributed by atoms with Crippen molar-refractivity contribution in [2.75, 3.05) is 6.61 Å². The van der Waals surface area contributed by atoms with Crippen LogP contribution in [0.2, 0.25) is 0 Å². The van der Waals surface area contributed by atoms with Crippen molar-refractivity contribution in [3.8, 4) is 0 Å². The number of ether oxygens (including phenoxy) is 1. The van der Waals surface area contributed by atoms with Gasteiger partial charge >= 0.3 is 0 Å². The Labute approximate surface area is 90.0 Å². The second-order valence-electron chi connectivity index (χ2n) is 3.84. The topological polar surface area (TPSA) is 74.2 Å². The summed E-state index contributed by atoms with van der Waals surface area (Å²) in [5, 5.41) is 3.81. The average molecular weight is 213 g/mol. The van der Waals surface area contributed by atoms with E-state index in [2.05, 4.69) is 17.1 Å². The molecule has 0 aliphatic heterocycles. The molecule has 0 saturated carbocycles. The van der Waals surface area contributed by atoms with Crippen LogP contribution in [0.25, 0.3) is 0 Å². The van der Waals surface area contributed by atoms with E-state index in [9.17, 15) is 0 Å².